The van der Waals surface area contributed by atoms with Gasteiger partial charge in [-0.2, -0.15) is 0 Å². The summed E-state index contributed by atoms with van der Waals surface area (Å²) in [7, 11) is 5.60. The predicted octanol–water partition coefficient (Wildman–Crippen LogP) is 5.34. The van der Waals surface area contributed by atoms with Crippen LogP contribution in [-0.4, -0.2) is 101 Å². The third kappa shape index (κ3) is 11.8. The van der Waals surface area contributed by atoms with Gasteiger partial charge in [-0.25, -0.2) is 14.6 Å². The summed E-state index contributed by atoms with van der Waals surface area (Å²) in [5.74, 6) is -0.532. The van der Waals surface area contributed by atoms with Crippen molar-refractivity contribution in [1.29, 1.82) is 0 Å². The molecule has 1 atom stereocenters. The number of thiazole rings is 1. The highest BCUT2D eigenvalue weighted by Crippen LogP contribution is 2.38. The van der Waals surface area contributed by atoms with Crippen LogP contribution in [0.4, 0.5) is 9.93 Å². The van der Waals surface area contributed by atoms with E-state index >= 15 is 0 Å². The van der Waals surface area contributed by atoms with Crippen molar-refractivity contribution in [2.75, 3.05) is 59.3 Å². The summed E-state index contributed by atoms with van der Waals surface area (Å²) in [6.45, 7) is 19.9. The monoisotopic (exact) mass is 558 g/mol. The Morgan fingerprint density at radius 3 is 2.19 bits per heavy atom. The molecule has 214 valence electrons. The number of hydrogen-bond donors (Lipinski definition) is 0. The number of anilines is 1. The highest BCUT2D eigenvalue weighted by atomic mass is 32.1. The summed E-state index contributed by atoms with van der Waals surface area (Å²) >= 11 is 1.22. The van der Waals surface area contributed by atoms with Crippen LogP contribution in [0.5, 0.6) is 0 Å². The summed E-state index contributed by atoms with van der Waals surface area (Å²) < 4.78 is 17.3. The van der Waals surface area contributed by atoms with Gasteiger partial charge in [-0.1, -0.05) is 20.8 Å². The number of methoxy groups -OCH3 is 1. The number of aromatic nitrogens is 1. The molecule has 0 aliphatic rings. The van der Waals surface area contributed by atoms with Crippen molar-refractivity contribution in [2.45, 2.75) is 84.2 Å². The summed E-state index contributed by atoms with van der Waals surface area (Å²) in [6.07, 6.45) is 1.04. The highest BCUT2D eigenvalue weighted by molar-refractivity contribution is 7.14. The molecule has 1 heterocycles. The maximum atomic E-state index is 13.1. The van der Waals surface area contributed by atoms with Crippen LogP contribution in [0, 0.1) is 0 Å². The van der Waals surface area contributed by atoms with Gasteiger partial charge in [-0.05, 0) is 72.9 Å². The normalized spacial score (nSPS) is 13.7. The first-order valence-corrected chi connectivity index (χ1v) is 16.7. The summed E-state index contributed by atoms with van der Waals surface area (Å²) in [5.41, 5.74) is -0.473. The van der Waals surface area contributed by atoms with Crippen LogP contribution >= 0.6 is 11.3 Å². The molecule has 0 N–H and O–H groups in total. The molecule has 0 aliphatic heterocycles. The molecule has 1 aromatic rings. The van der Waals surface area contributed by atoms with E-state index in [1.807, 2.05) is 20.8 Å². The molecule has 0 saturated heterocycles. The largest absolute Gasteiger partial charge is 0.464 e. The summed E-state index contributed by atoms with van der Waals surface area (Å²) in [6, 6.07) is 0. The van der Waals surface area contributed by atoms with Crippen LogP contribution in [0.3, 0.4) is 0 Å². The Morgan fingerprint density at radius 2 is 1.68 bits per heavy atom. The Kier molecular flexibility index (Phi) is 12.7. The number of carbonyl (C=O) groups excluding carboxylic acids is 2. The number of carbonyl (C=O) groups is 2. The van der Waals surface area contributed by atoms with Crippen LogP contribution in [-0.2, 0) is 13.9 Å². The third-order valence-electron chi connectivity index (χ3n) is 6.35. The Balaban J connectivity index is 3.05. The molecule has 1 amide bonds. The number of ether oxygens (including phenoxy) is 2. The summed E-state index contributed by atoms with van der Waals surface area (Å²) in [4.78, 5) is 35.4. The average Bonchev–Trinajstić information content (AvgIpc) is 3.22. The highest BCUT2D eigenvalue weighted by Gasteiger charge is 2.39. The lowest BCUT2D eigenvalue weighted by Gasteiger charge is -2.40. The predicted molar refractivity (Wildman–Crippen MR) is 154 cm³/mol. The second kappa shape index (κ2) is 14.0. The molecule has 0 bridgehead atoms. The smallest absolute Gasteiger partial charge is 0.416 e. The van der Waals surface area contributed by atoms with E-state index in [0.29, 0.717) is 18.1 Å². The van der Waals surface area contributed by atoms with E-state index in [4.69, 9.17) is 13.9 Å². The zero-order valence-electron chi connectivity index (χ0n) is 25.1. The quantitative estimate of drug-likeness (QED) is 0.237. The molecule has 0 saturated carbocycles. The van der Waals surface area contributed by atoms with E-state index in [0.717, 1.165) is 26.1 Å². The molecule has 0 aromatic carbocycles. The van der Waals surface area contributed by atoms with Gasteiger partial charge in [0.25, 0.3) is 0 Å². The molecule has 1 rings (SSSR count). The first-order chi connectivity index (χ1) is 16.9. The van der Waals surface area contributed by atoms with E-state index in [-0.39, 0.29) is 16.8 Å². The van der Waals surface area contributed by atoms with E-state index in [2.05, 4.69) is 69.8 Å². The van der Waals surface area contributed by atoms with Crippen molar-refractivity contribution in [3.63, 3.8) is 0 Å². The van der Waals surface area contributed by atoms with E-state index in [1.54, 1.807) is 5.38 Å². The number of amides is 1. The van der Waals surface area contributed by atoms with Gasteiger partial charge in [0.1, 0.15) is 5.60 Å². The van der Waals surface area contributed by atoms with Crippen LogP contribution in [0.15, 0.2) is 5.38 Å². The minimum absolute atomic E-state index is 0.0375. The zero-order chi connectivity index (χ0) is 28.6. The molecule has 9 nitrogen and oxygen atoms in total. The van der Waals surface area contributed by atoms with Crippen LogP contribution in [0.2, 0.25) is 18.1 Å². The molecule has 11 heteroatoms. The van der Waals surface area contributed by atoms with Gasteiger partial charge in [-0.3, -0.25) is 4.90 Å². The van der Waals surface area contributed by atoms with Crippen molar-refractivity contribution in [3.8, 4) is 0 Å². The molecule has 0 aliphatic carbocycles. The molecule has 1 aromatic heterocycles. The van der Waals surface area contributed by atoms with Gasteiger partial charge >= 0.3 is 12.1 Å². The van der Waals surface area contributed by atoms with E-state index in [9.17, 15) is 9.59 Å². The summed E-state index contributed by atoms with van der Waals surface area (Å²) in [5, 5.41) is 2.11. The fourth-order valence-electron chi connectivity index (χ4n) is 3.24. The lowest BCUT2D eigenvalue weighted by molar-refractivity contribution is 0.0567. The SMILES string of the molecule is COC(=O)c1csc(N(CCCC(CN(C)CCN(C)C)O[Si](C)(C)C(C)(C)C)C(=O)OC(C)(C)C)n1. The van der Waals surface area contributed by atoms with Gasteiger partial charge in [0, 0.05) is 31.6 Å². The van der Waals surface area contributed by atoms with Crippen LogP contribution < -0.4 is 4.90 Å². The fourth-order valence-corrected chi connectivity index (χ4v) is 5.43. The standard InChI is InChI=1S/C26H50N4O5SSi/c1-25(2,3)34-24(32)30(23-27-21(19-36-23)22(31)33-10)15-13-14-20(18-29(9)17-16-28(7)8)35-37(11,12)26(4,5)6/h19-20H,13-18H2,1-12H3. The zero-order valence-corrected chi connectivity index (χ0v) is 27.0. The van der Waals surface area contributed by atoms with Crippen molar-refractivity contribution < 1.29 is 23.5 Å². The first-order valence-electron chi connectivity index (χ1n) is 12.9. The molecule has 0 fully saturated rings. The van der Waals surface area contributed by atoms with Crippen LogP contribution in [0.25, 0.3) is 0 Å². The Morgan fingerprint density at radius 1 is 1.05 bits per heavy atom. The number of hydrogen-bond acceptors (Lipinski definition) is 9. The minimum atomic E-state index is -1.99. The molecule has 0 spiro atoms. The van der Waals surface area contributed by atoms with Gasteiger partial charge in [0.2, 0.25) is 0 Å². The molecular weight excluding hydrogens is 508 g/mol. The van der Waals surface area contributed by atoms with Gasteiger partial charge in [0.15, 0.2) is 19.1 Å². The average molecular weight is 559 g/mol. The van der Waals surface area contributed by atoms with Gasteiger partial charge in [-0.15, -0.1) is 11.3 Å². The minimum Gasteiger partial charge on any atom is -0.464 e. The maximum Gasteiger partial charge on any atom is 0.416 e. The third-order valence-corrected chi connectivity index (χ3v) is 11.7. The van der Waals surface area contributed by atoms with Crippen molar-refractivity contribution in [1.82, 2.24) is 14.8 Å². The fraction of sp³-hybridized carbons (Fsp3) is 0.808. The van der Waals surface area contributed by atoms with E-state index < -0.39 is 26.0 Å². The Bertz CT molecular complexity index is 864. The Labute approximate surface area is 229 Å². The lowest BCUT2D eigenvalue weighted by atomic mass is 10.2. The van der Waals surface area contributed by atoms with Crippen LogP contribution in [0.1, 0.15) is 64.9 Å². The number of likely N-dealkylation sites (N-methyl/N-ethyl adjacent to an activating group) is 2. The number of rotatable bonds is 13. The number of nitrogens with zero attached hydrogens (tertiary/aromatic N) is 4. The van der Waals surface area contributed by atoms with Crippen molar-refractivity contribution in [2.24, 2.45) is 0 Å². The molecule has 0 radical (unpaired) electrons. The molecule has 1 unspecified atom stereocenters. The first kappa shape index (κ1) is 33.5. The second-order valence-electron chi connectivity index (χ2n) is 12.3. The number of esters is 1. The topological polar surface area (TPSA) is 84.4 Å². The van der Waals surface area contributed by atoms with Gasteiger partial charge in [0.05, 0.1) is 13.2 Å². The maximum absolute atomic E-state index is 13.1. The second-order valence-corrected chi connectivity index (χ2v) is 17.9. The van der Waals surface area contributed by atoms with Crippen molar-refractivity contribution >= 4 is 36.8 Å². The van der Waals surface area contributed by atoms with Crippen molar-refractivity contribution in [3.05, 3.63) is 11.1 Å². The van der Waals surface area contributed by atoms with E-state index in [1.165, 1.54) is 23.3 Å². The lowest BCUT2D eigenvalue weighted by Crippen LogP contribution is -2.47. The molecule has 37 heavy (non-hydrogen) atoms. The molecular formula is C26H50N4O5SSi. The Hall–Kier alpha value is -1.53. The van der Waals surface area contributed by atoms with Gasteiger partial charge < -0.3 is 23.7 Å².